The average molecular weight is 431 g/mol. The van der Waals surface area contributed by atoms with E-state index >= 15 is 0 Å². The highest BCUT2D eigenvalue weighted by atomic mass is 16.2. The lowest BCUT2D eigenvalue weighted by molar-refractivity contribution is 0.101. The number of amides is 1. The highest BCUT2D eigenvalue weighted by Gasteiger charge is 2.26. The molecule has 3 aromatic rings. The molecule has 0 aromatic heterocycles. The molecular formula is C25H25N3O4. The number of hydrogen-bond donors (Lipinski definition) is 2. The van der Waals surface area contributed by atoms with E-state index in [1.54, 1.807) is 48.5 Å². The van der Waals surface area contributed by atoms with E-state index < -0.39 is 10.9 Å². The Hall–Kier alpha value is -3.74. The Morgan fingerprint density at radius 1 is 0.906 bits per heavy atom. The van der Waals surface area contributed by atoms with E-state index in [0.717, 1.165) is 37.9 Å². The lowest BCUT2D eigenvalue weighted by Gasteiger charge is -2.30. The van der Waals surface area contributed by atoms with Gasteiger partial charge in [-0.3, -0.25) is 19.2 Å². The third-order valence-electron chi connectivity index (χ3n) is 5.77. The number of benzene rings is 2. The Kier molecular flexibility index (Phi) is 6.16. The number of piperidine rings is 1. The van der Waals surface area contributed by atoms with Crippen LogP contribution in [0.5, 0.6) is 0 Å². The van der Waals surface area contributed by atoms with Gasteiger partial charge in [-0.05, 0) is 56.0 Å². The summed E-state index contributed by atoms with van der Waals surface area (Å²) >= 11 is 0. The van der Waals surface area contributed by atoms with Gasteiger partial charge in [0.2, 0.25) is 0 Å². The minimum absolute atomic E-state index is 0.0665. The summed E-state index contributed by atoms with van der Waals surface area (Å²) in [5, 5.41) is 5.90. The fourth-order valence-electron chi connectivity index (χ4n) is 3.95. The molecule has 1 amide bonds. The van der Waals surface area contributed by atoms with Crippen LogP contribution in [0.4, 0.5) is 17.1 Å². The van der Waals surface area contributed by atoms with Gasteiger partial charge in [0, 0.05) is 36.4 Å². The molecule has 0 unspecified atom stereocenters. The molecule has 1 aliphatic heterocycles. The summed E-state index contributed by atoms with van der Waals surface area (Å²) in [6.45, 7) is 3.47. The van der Waals surface area contributed by atoms with E-state index in [1.165, 1.54) is 6.92 Å². The van der Waals surface area contributed by atoms with Crippen molar-refractivity contribution in [3.8, 4) is 0 Å². The van der Waals surface area contributed by atoms with Gasteiger partial charge in [-0.25, -0.2) is 0 Å². The normalized spacial score (nSPS) is 13.7. The number of carbonyl (C=O) groups is 2. The first kappa shape index (κ1) is 21.5. The van der Waals surface area contributed by atoms with Crippen LogP contribution in [0.15, 0.2) is 58.1 Å². The zero-order chi connectivity index (χ0) is 22.7. The molecule has 7 heteroatoms. The molecular weight excluding hydrogens is 406 g/mol. The van der Waals surface area contributed by atoms with Gasteiger partial charge in [-0.15, -0.1) is 0 Å². The second-order valence-corrected chi connectivity index (χ2v) is 8.07. The lowest BCUT2D eigenvalue weighted by Crippen LogP contribution is -2.44. The van der Waals surface area contributed by atoms with Gasteiger partial charge in [0.05, 0.1) is 0 Å². The SMILES string of the molecule is CC(=O)c1cccc(NC(=O)c2ccc(CNc3c(N4CCCCC4)c(=O)c3=O)cc2)c1. The molecule has 0 aliphatic carbocycles. The second kappa shape index (κ2) is 9.18. The summed E-state index contributed by atoms with van der Waals surface area (Å²) in [4.78, 5) is 50.1. The van der Waals surface area contributed by atoms with Crippen molar-refractivity contribution in [1.82, 2.24) is 0 Å². The lowest BCUT2D eigenvalue weighted by atomic mass is 10.1. The Morgan fingerprint density at radius 3 is 2.31 bits per heavy atom. The van der Waals surface area contributed by atoms with E-state index in [4.69, 9.17) is 0 Å². The van der Waals surface area contributed by atoms with E-state index in [1.807, 2.05) is 4.90 Å². The molecule has 4 rings (SSSR count). The van der Waals surface area contributed by atoms with Crippen molar-refractivity contribution in [3.63, 3.8) is 0 Å². The van der Waals surface area contributed by atoms with Crippen LogP contribution in [0, 0.1) is 0 Å². The molecule has 1 heterocycles. The summed E-state index contributed by atoms with van der Waals surface area (Å²) in [5.41, 5.74) is 2.49. The smallest absolute Gasteiger partial charge is 0.255 e. The van der Waals surface area contributed by atoms with Crippen molar-refractivity contribution in [2.75, 3.05) is 28.6 Å². The summed E-state index contributed by atoms with van der Waals surface area (Å²) in [6, 6.07) is 13.8. The molecule has 32 heavy (non-hydrogen) atoms. The van der Waals surface area contributed by atoms with E-state index in [-0.39, 0.29) is 11.7 Å². The van der Waals surface area contributed by atoms with Crippen molar-refractivity contribution in [1.29, 1.82) is 0 Å². The fourth-order valence-corrected chi connectivity index (χ4v) is 3.95. The molecule has 0 atom stereocenters. The predicted octanol–water partition coefficient (Wildman–Crippen LogP) is 3.34. The maximum absolute atomic E-state index is 12.5. The maximum Gasteiger partial charge on any atom is 0.255 e. The summed E-state index contributed by atoms with van der Waals surface area (Å²) in [5.74, 6) is -0.344. The zero-order valence-corrected chi connectivity index (χ0v) is 17.9. The van der Waals surface area contributed by atoms with Crippen molar-refractivity contribution >= 4 is 28.8 Å². The Labute approximate surface area is 185 Å². The highest BCUT2D eigenvalue weighted by molar-refractivity contribution is 6.05. The largest absolute Gasteiger partial charge is 0.376 e. The minimum atomic E-state index is -0.464. The van der Waals surface area contributed by atoms with Crippen LogP contribution in [-0.2, 0) is 6.54 Å². The van der Waals surface area contributed by atoms with Crippen LogP contribution in [0.25, 0.3) is 0 Å². The van der Waals surface area contributed by atoms with Gasteiger partial charge in [-0.1, -0.05) is 24.3 Å². The van der Waals surface area contributed by atoms with Crippen LogP contribution in [-0.4, -0.2) is 24.8 Å². The summed E-state index contributed by atoms with van der Waals surface area (Å²) < 4.78 is 0. The number of anilines is 3. The van der Waals surface area contributed by atoms with Crippen LogP contribution >= 0.6 is 0 Å². The van der Waals surface area contributed by atoms with Gasteiger partial charge < -0.3 is 15.5 Å². The minimum Gasteiger partial charge on any atom is -0.376 e. The monoisotopic (exact) mass is 431 g/mol. The molecule has 2 N–H and O–H groups in total. The quantitative estimate of drug-likeness (QED) is 0.440. The number of hydrogen-bond acceptors (Lipinski definition) is 6. The number of nitrogens with zero attached hydrogens (tertiary/aromatic N) is 1. The van der Waals surface area contributed by atoms with Crippen molar-refractivity contribution in [2.24, 2.45) is 0 Å². The predicted molar refractivity (Wildman–Crippen MR) is 126 cm³/mol. The van der Waals surface area contributed by atoms with E-state index in [0.29, 0.717) is 34.7 Å². The average Bonchev–Trinajstić information content (AvgIpc) is 2.82. The molecule has 1 fully saturated rings. The zero-order valence-electron chi connectivity index (χ0n) is 17.9. The van der Waals surface area contributed by atoms with Crippen LogP contribution in [0.2, 0.25) is 0 Å². The molecule has 164 valence electrons. The van der Waals surface area contributed by atoms with Gasteiger partial charge in [0.1, 0.15) is 11.4 Å². The molecule has 3 aromatic carbocycles. The summed E-state index contributed by atoms with van der Waals surface area (Å²) in [7, 11) is 0. The van der Waals surface area contributed by atoms with E-state index in [2.05, 4.69) is 10.6 Å². The van der Waals surface area contributed by atoms with Gasteiger partial charge in [-0.2, -0.15) is 0 Å². The first-order chi connectivity index (χ1) is 15.4. The van der Waals surface area contributed by atoms with Crippen molar-refractivity contribution in [2.45, 2.75) is 32.7 Å². The second-order valence-electron chi connectivity index (χ2n) is 8.07. The number of carbonyl (C=O) groups excluding carboxylic acids is 2. The molecule has 0 radical (unpaired) electrons. The maximum atomic E-state index is 12.5. The first-order valence-electron chi connectivity index (χ1n) is 10.8. The third kappa shape index (κ3) is 4.46. The third-order valence-corrected chi connectivity index (χ3v) is 5.77. The number of rotatable bonds is 7. The van der Waals surface area contributed by atoms with Crippen molar-refractivity contribution < 1.29 is 9.59 Å². The Morgan fingerprint density at radius 2 is 1.62 bits per heavy atom. The molecule has 1 saturated heterocycles. The topological polar surface area (TPSA) is 95.6 Å². The Bertz CT molecular complexity index is 1220. The summed E-state index contributed by atoms with van der Waals surface area (Å²) in [6.07, 6.45) is 3.21. The highest BCUT2D eigenvalue weighted by Crippen LogP contribution is 2.24. The van der Waals surface area contributed by atoms with Crippen LogP contribution in [0.3, 0.4) is 0 Å². The Balaban J connectivity index is 1.39. The molecule has 0 spiro atoms. The number of nitrogens with one attached hydrogen (secondary N) is 2. The fraction of sp³-hybridized carbons (Fsp3) is 0.280. The molecule has 7 nitrogen and oxygen atoms in total. The van der Waals surface area contributed by atoms with Gasteiger partial charge in [0.25, 0.3) is 16.8 Å². The van der Waals surface area contributed by atoms with Crippen LogP contribution in [0.1, 0.15) is 52.5 Å². The van der Waals surface area contributed by atoms with Gasteiger partial charge >= 0.3 is 0 Å². The van der Waals surface area contributed by atoms with E-state index in [9.17, 15) is 19.2 Å². The van der Waals surface area contributed by atoms with Gasteiger partial charge in [0.15, 0.2) is 5.78 Å². The first-order valence-corrected chi connectivity index (χ1v) is 10.8. The van der Waals surface area contributed by atoms with Crippen molar-refractivity contribution in [3.05, 3.63) is 85.7 Å². The number of Topliss-reactive ketones (excluding diaryl/α,β-unsaturated/α-hetero) is 1. The molecule has 0 saturated carbocycles. The number of ketones is 1. The molecule has 1 aliphatic rings. The van der Waals surface area contributed by atoms with Crippen LogP contribution < -0.4 is 26.4 Å². The molecule has 0 bridgehead atoms. The standard InChI is InChI=1S/C25H25N3O4/c1-16(29)19-6-5-7-20(14-19)27-25(32)18-10-8-17(9-11-18)15-26-21-22(24(31)23(21)30)28-12-3-2-4-13-28/h5-11,14,26H,2-4,12-13,15H2,1H3,(H,27,32).